The second-order valence-corrected chi connectivity index (χ2v) is 6.47. The Balaban J connectivity index is 1.30. The van der Waals surface area contributed by atoms with E-state index in [1.165, 1.54) is 0 Å². The van der Waals surface area contributed by atoms with Crippen molar-refractivity contribution in [2.75, 3.05) is 16.9 Å². The van der Waals surface area contributed by atoms with Crippen molar-refractivity contribution < 1.29 is 4.42 Å². The molecule has 1 saturated carbocycles. The monoisotopic (exact) mass is 327 g/mol. The number of hydrogen-bond donors (Lipinski definition) is 2. The van der Waals surface area contributed by atoms with E-state index in [9.17, 15) is 0 Å². The number of para-hydroxylation sites is 2. The zero-order valence-corrected chi connectivity index (χ0v) is 13.5. The predicted molar refractivity (Wildman–Crippen MR) is 91.9 cm³/mol. The van der Waals surface area contributed by atoms with Crippen molar-refractivity contribution in [3.63, 3.8) is 0 Å². The van der Waals surface area contributed by atoms with Gasteiger partial charge in [0.15, 0.2) is 5.58 Å². The minimum atomic E-state index is 0.367. The highest BCUT2D eigenvalue weighted by atomic mass is 32.2. The number of thioether (sulfide) groups is 1. The molecule has 2 aromatic heterocycles. The minimum absolute atomic E-state index is 0.367. The number of anilines is 2. The van der Waals surface area contributed by atoms with E-state index in [0.717, 1.165) is 28.8 Å². The third-order valence-electron chi connectivity index (χ3n) is 3.96. The molecule has 0 amide bonds. The van der Waals surface area contributed by atoms with Crippen LogP contribution in [-0.4, -0.2) is 33.3 Å². The SMILES string of the molecule is CSc1cnc(NC2CC(Nc3nc4ccccc4o3)C2)nc1. The largest absolute Gasteiger partial charge is 0.424 e. The molecule has 4 rings (SSSR count). The van der Waals surface area contributed by atoms with Gasteiger partial charge in [-0.1, -0.05) is 12.1 Å². The fourth-order valence-electron chi connectivity index (χ4n) is 2.64. The van der Waals surface area contributed by atoms with Gasteiger partial charge in [0, 0.05) is 29.4 Å². The summed E-state index contributed by atoms with van der Waals surface area (Å²) in [5.74, 6) is 0.688. The van der Waals surface area contributed by atoms with Crippen molar-refractivity contribution in [2.24, 2.45) is 0 Å². The molecule has 1 aromatic carbocycles. The summed E-state index contributed by atoms with van der Waals surface area (Å²) in [5.41, 5.74) is 1.69. The molecule has 23 heavy (non-hydrogen) atoms. The molecule has 1 aliphatic rings. The molecular formula is C16H17N5OS. The highest BCUT2D eigenvalue weighted by Crippen LogP contribution is 2.27. The number of nitrogens with one attached hydrogen (secondary N) is 2. The second-order valence-electron chi connectivity index (χ2n) is 5.59. The lowest BCUT2D eigenvalue weighted by Gasteiger charge is -2.35. The van der Waals surface area contributed by atoms with Gasteiger partial charge >= 0.3 is 0 Å². The van der Waals surface area contributed by atoms with E-state index in [1.54, 1.807) is 11.8 Å². The molecule has 2 heterocycles. The first kappa shape index (κ1) is 14.3. The molecule has 2 N–H and O–H groups in total. The molecule has 1 fully saturated rings. The number of aromatic nitrogens is 3. The van der Waals surface area contributed by atoms with E-state index < -0.39 is 0 Å². The van der Waals surface area contributed by atoms with Crippen LogP contribution in [0.5, 0.6) is 0 Å². The van der Waals surface area contributed by atoms with Gasteiger partial charge in [0.05, 0.1) is 0 Å². The molecule has 0 unspecified atom stereocenters. The zero-order valence-electron chi connectivity index (χ0n) is 12.7. The fraction of sp³-hybridized carbons (Fsp3) is 0.312. The van der Waals surface area contributed by atoms with Crippen LogP contribution in [0.4, 0.5) is 12.0 Å². The smallest absolute Gasteiger partial charge is 0.295 e. The summed E-state index contributed by atoms with van der Waals surface area (Å²) < 4.78 is 5.68. The Morgan fingerprint density at radius 3 is 2.57 bits per heavy atom. The van der Waals surface area contributed by atoms with Crippen molar-refractivity contribution in [2.45, 2.75) is 29.8 Å². The Labute approximate surface area is 138 Å². The van der Waals surface area contributed by atoms with Crippen LogP contribution in [0.2, 0.25) is 0 Å². The Morgan fingerprint density at radius 2 is 1.83 bits per heavy atom. The number of hydrogen-bond acceptors (Lipinski definition) is 7. The van der Waals surface area contributed by atoms with E-state index in [4.69, 9.17) is 4.42 Å². The molecule has 0 radical (unpaired) electrons. The van der Waals surface area contributed by atoms with Gasteiger partial charge in [-0.05, 0) is 31.2 Å². The van der Waals surface area contributed by atoms with Gasteiger partial charge in [0.2, 0.25) is 5.95 Å². The van der Waals surface area contributed by atoms with E-state index in [2.05, 4.69) is 25.6 Å². The van der Waals surface area contributed by atoms with Crippen LogP contribution >= 0.6 is 11.8 Å². The number of rotatable bonds is 5. The summed E-state index contributed by atoms with van der Waals surface area (Å²) in [6, 6.07) is 9.13. The van der Waals surface area contributed by atoms with Gasteiger partial charge < -0.3 is 15.1 Å². The van der Waals surface area contributed by atoms with Crippen molar-refractivity contribution in [3.05, 3.63) is 36.7 Å². The summed E-state index contributed by atoms with van der Waals surface area (Å²) in [6.45, 7) is 0. The van der Waals surface area contributed by atoms with E-state index in [-0.39, 0.29) is 0 Å². The highest BCUT2D eigenvalue weighted by molar-refractivity contribution is 7.98. The first-order valence-corrected chi connectivity index (χ1v) is 8.77. The number of benzene rings is 1. The van der Waals surface area contributed by atoms with Gasteiger partial charge in [-0.25, -0.2) is 9.97 Å². The van der Waals surface area contributed by atoms with Crippen LogP contribution in [-0.2, 0) is 0 Å². The van der Waals surface area contributed by atoms with Crippen LogP contribution in [0.15, 0.2) is 46.0 Å². The summed E-state index contributed by atoms with van der Waals surface area (Å²) >= 11 is 1.64. The average molecular weight is 327 g/mol. The second kappa shape index (κ2) is 6.08. The lowest BCUT2D eigenvalue weighted by atomic mass is 9.87. The third-order valence-corrected chi connectivity index (χ3v) is 4.64. The standard InChI is InChI=1S/C16H17N5OS/c1-23-12-8-17-15(18-9-12)19-10-6-11(7-10)20-16-21-13-4-2-3-5-14(13)22-16/h2-5,8-11H,6-7H2,1H3,(H,20,21)(H,17,18,19). The van der Waals surface area contributed by atoms with E-state index >= 15 is 0 Å². The van der Waals surface area contributed by atoms with Crippen molar-refractivity contribution >= 4 is 34.8 Å². The quantitative estimate of drug-likeness (QED) is 0.696. The predicted octanol–water partition coefficient (Wildman–Crippen LogP) is 3.39. The Hall–Kier alpha value is -2.28. The maximum absolute atomic E-state index is 5.68. The molecule has 0 atom stereocenters. The van der Waals surface area contributed by atoms with Crippen LogP contribution in [0.1, 0.15) is 12.8 Å². The molecule has 1 aliphatic carbocycles. The highest BCUT2D eigenvalue weighted by Gasteiger charge is 2.30. The molecule has 7 heteroatoms. The van der Waals surface area contributed by atoms with E-state index in [1.807, 2.05) is 42.9 Å². The van der Waals surface area contributed by atoms with Gasteiger partial charge in [0.1, 0.15) is 5.52 Å². The Morgan fingerprint density at radius 1 is 1.09 bits per heavy atom. The molecule has 0 aliphatic heterocycles. The third kappa shape index (κ3) is 3.10. The van der Waals surface area contributed by atoms with Crippen molar-refractivity contribution in [1.82, 2.24) is 15.0 Å². The number of nitrogens with zero attached hydrogens (tertiary/aromatic N) is 3. The zero-order chi connectivity index (χ0) is 15.6. The summed E-state index contributed by atoms with van der Waals surface area (Å²) in [4.78, 5) is 14.1. The lowest BCUT2D eigenvalue weighted by molar-refractivity contribution is 0.387. The maximum Gasteiger partial charge on any atom is 0.295 e. The van der Waals surface area contributed by atoms with Crippen LogP contribution in [0.25, 0.3) is 11.1 Å². The van der Waals surface area contributed by atoms with Crippen LogP contribution < -0.4 is 10.6 Å². The summed E-state index contributed by atoms with van der Waals surface area (Å²) in [6.07, 6.45) is 7.68. The number of oxazole rings is 1. The van der Waals surface area contributed by atoms with Gasteiger partial charge in [-0.2, -0.15) is 4.98 Å². The van der Waals surface area contributed by atoms with Gasteiger partial charge in [-0.15, -0.1) is 11.8 Å². The minimum Gasteiger partial charge on any atom is -0.424 e. The maximum atomic E-state index is 5.68. The Bertz CT molecular complexity index is 765. The Kier molecular flexibility index (Phi) is 3.78. The van der Waals surface area contributed by atoms with Gasteiger partial charge in [-0.3, -0.25) is 0 Å². The summed E-state index contributed by atoms with van der Waals surface area (Å²) in [5, 5.41) is 6.69. The first-order chi connectivity index (χ1) is 11.3. The van der Waals surface area contributed by atoms with Gasteiger partial charge in [0.25, 0.3) is 6.01 Å². The molecule has 0 bridgehead atoms. The van der Waals surface area contributed by atoms with Crippen LogP contribution in [0.3, 0.4) is 0 Å². The molecule has 118 valence electrons. The molecule has 0 spiro atoms. The fourth-order valence-corrected chi connectivity index (χ4v) is 2.96. The lowest BCUT2D eigenvalue weighted by Crippen LogP contribution is -2.44. The topological polar surface area (TPSA) is 75.9 Å². The average Bonchev–Trinajstić information content (AvgIpc) is 2.96. The molecular weight excluding hydrogens is 310 g/mol. The van der Waals surface area contributed by atoms with Crippen molar-refractivity contribution in [1.29, 1.82) is 0 Å². The summed E-state index contributed by atoms with van der Waals surface area (Å²) in [7, 11) is 0. The van der Waals surface area contributed by atoms with E-state index in [0.29, 0.717) is 24.0 Å². The molecule has 3 aromatic rings. The molecule has 0 saturated heterocycles. The molecule has 6 nitrogen and oxygen atoms in total. The first-order valence-electron chi connectivity index (χ1n) is 7.55. The number of fused-ring (bicyclic) bond motifs is 1. The normalized spacial score (nSPS) is 20.2. The van der Waals surface area contributed by atoms with Crippen molar-refractivity contribution in [3.8, 4) is 0 Å². The van der Waals surface area contributed by atoms with Crippen LogP contribution in [0, 0.1) is 0 Å².